The molecule has 2 aromatic heterocycles. The Morgan fingerprint density at radius 1 is 1.47 bits per heavy atom. The lowest BCUT2D eigenvalue weighted by Gasteiger charge is -1.99. The van der Waals surface area contributed by atoms with Crippen LogP contribution in [-0.4, -0.2) is 42.8 Å². The maximum atomic E-state index is 11.6. The molecule has 9 nitrogen and oxygen atoms in total. The fraction of sp³-hybridized carbons (Fsp3) is 0.500. The summed E-state index contributed by atoms with van der Waals surface area (Å²) in [6, 6.07) is 0.0584. The molecular weight excluding hydrogens is 252 g/mol. The molecule has 0 fully saturated rings. The average Bonchev–Trinajstić information content (AvgIpc) is 2.96. The minimum absolute atomic E-state index is 0.00749. The zero-order valence-corrected chi connectivity index (χ0v) is 10.4. The first-order chi connectivity index (χ1) is 9.17. The Hall–Kier alpha value is -2.29. The second-order valence-corrected chi connectivity index (χ2v) is 3.91. The van der Waals surface area contributed by atoms with E-state index in [-0.39, 0.29) is 25.1 Å². The van der Waals surface area contributed by atoms with E-state index in [1.807, 2.05) is 0 Å². The lowest BCUT2D eigenvalue weighted by atomic mass is 10.3. The number of nitrogens with zero attached hydrogens (tertiary/aromatic N) is 5. The summed E-state index contributed by atoms with van der Waals surface area (Å²) in [4.78, 5) is 11.6. The quantitative estimate of drug-likeness (QED) is 0.725. The number of aliphatic hydroxyl groups excluding tert-OH is 1. The molecule has 0 aliphatic heterocycles. The fourth-order valence-electron chi connectivity index (χ4n) is 1.44. The number of amides is 1. The Morgan fingerprint density at radius 2 is 2.32 bits per heavy atom. The van der Waals surface area contributed by atoms with Crippen LogP contribution in [0.25, 0.3) is 0 Å². The van der Waals surface area contributed by atoms with Gasteiger partial charge in [-0.05, 0) is 12.8 Å². The van der Waals surface area contributed by atoms with E-state index in [2.05, 4.69) is 25.8 Å². The van der Waals surface area contributed by atoms with Gasteiger partial charge in [0.2, 0.25) is 11.8 Å². The molecule has 19 heavy (non-hydrogen) atoms. The van der Waals surface area contributed by atoms with Gasteiger partial charge in [0.15, 0.2) is 0 Å². The van der Waals surface area contributed by atoms with Crippen LogP contribution in [0.5, 0.6) is 0 Å². The third-order valence-electron chi connectivity index (χ3n) is 2.26. The zero-order chi connectivity index (χ0) is 13.7. The largest absolute Gasteiger partial charge is 0.408 e. The van der Waals surface area contributed by atoms with Gasteiger partial charge in [0.25, 0.3) is 0 Å². The molecule has 2 rings (SSSR count). The zero-order valence-electron chi connectivity index (χ0n) is 10.4. The Morgan fingerprint density at radius 3 is 3.00 bits per heavy atom. The average molecular weight is 266 g/mol. The Bertz CT molecular complexity index is 549. The maximum Gasteiger partial charge on any atom is 0.322 e. The van der Waals surface area contributed by atoms with Crippen molar-refractivity contribution in [1.29, 1.82) is 0 Å². The van der Waals surface area contributed by atoms with Crippen LogP contribution < -0.4 is 5.32 Å². The third kappa shape index (κ3) is 3.85. The van der Waals surface area contributed by atoms with Crippen LogP contribution in [0.2, 0.25) is 0 Å². The monoisotopic (exact) mass is 266 g/mol. The lowest BCUT2D eigenvalue weighted by molar-refractivity contribution is -0.117. The van der Waals surface area contributed by atoms with Gasteiger partial charge in [-0.2, -0.15) is 0 Å². The van der Waals surface area contributed by atoms with Crippen molar-refractivity contribution >= 4 is 11.9 Å². The van der Waals surface area contributed by atoms with Gasteiger partial charge < -0.3 is 9.52 Å². The molecule has 0 atom stereocenters. The summed E-state index contributed by atoms with van der Waals surface area (Å²) in [7, 11) is 0. The van der Waals surface area contributed by atoms with Gasteiger partial charge in [-0.1, -0.05) is 10.3 Å². The van der Waals surface area contributed by atoms with E-state index in [0.717, 1.165) is 5.69 Å². The maximum absolute atomic E-state index is 11.6. The number of anilines is 1. The first-order valence-electron chi connectivity index (χ1n) is 5.77. The number of hydrogen-bond acceptors (Lipinski definition) is 7. The van der Waals surface area contributed by atoms with Crippen molar-refractivity contribution in [3.05, 3.63) is 17.8 Å². The second kappa shape index (κ2) is 6.05. The van der Waals surface area contributed by atoms with Gasteiger partial charge in [-0.3, -0.25) is 10.1 Å². The van der Waals surface area contributed by atoms with E-state index < -0.39 is 0 Å². The topological polar surface area (TPSA) is 119 Å². The summed E-state index contributed by atoms with van der Waals surface area (Å²) in [6.07, 6.45) is 2.90. The van der Waals surface area contributed by atoms with Crippen LogP contribution in [0, 0.1) is 6.92 Å². The molecule has 102 valence electrons. The molecule has 0 saturated heterocycles. The van der Waals surface area contributed by atoms with Crippen molar-refractivity contribution < 1.29 is 14.3 Å². The molecule has 0 saturated carbocycles. The van der Waals surface area contributed by atoms with E-state index in [1.165, 1.54) is 4.68 Å². The standard InChI is InChI=1S/C10H14N6O3/c1-7-12-14-10(19-7)11-9(18)6-16-5-8(13-15-16)3-2-4-17/h5,17H,2-4,6H2,1H3,(H,11,14,18). The van der Waals surface area contributed by atoms with Crippen LogP contribution in [0.4, 0.5) is 6.01 Å². The van der Waals surface area contributed by atoms with Gasteiger partial charge in [0.05, 0.1) is 5.69 Å². The van der Waals surface area contributed by atoms with E-state index >= 15 is 0 Å². The molecule has 2 heterocycles. The molecule has 0 aliphatic carbocycles. The van der Waals surface area contributed by atoms with Crippen LogP contribution in [0.3, 0.4) is 0 Å². The minimum Gasteiger partial charge on any atom is -0.408 e. The minimum atomic E-state index is -0.331. The number of carbonyl (C=O) groups excluding carboxylic acids is 1. The van der Waals surface area contributed by atoms with Crippen LogP contribution >= 0.6 is 0 Å². The summed E-state index contributed by atoms with van der Waals surface area (Å²) in [6.45, 7) is 1.74. The van der Waals surface area contributed by atoms with Crippen molar-refractivity contribution in [2.24, 2.45) is 0 Å². The van der Waals surface area contributed by atoms with Gasteiger partial charge >= 0.3 is 6.01 Å². The SMILES string of the molecule is Cc1nnc(NC(=O)Cn2cc(CCCO)nn2)o1. The number of aromatic nitrogens is 5. The summed E-state index contributed by atoms with van der Waals surface area (Å²) < 4.78 is 6.43. The smallest absolute Gasteiger partial charge is 0.322 e. The lowest BCUT2D eigenvalue weighted by Crippen LogP contribution is -2.19. The first-order valence-corrected chi connectivity index (χ1v) is 5.77. The number of hydrogen-bond donors (Lipinski definition) is 2. The molecule has 1 amide bonds. The Kier molecular flexibility index (Phi) is 4.18. The van der Waals surface area contributed by atoms with Crippen LogP contribution in [-0.2, 0) is 17.8 Å². The molecule has 0 radical (unpaired) electrons. The number of carbonyl (C=O) groups is 1. The number of nitrogens with one attached hydrogen (secondary N) is 1. The van der Waals surface area contributed by atoms with Crippen molar-refractivity contribution in [2.75, 3.05) is 11.9 Å². The molecule has 2 aromatic rings. The molecule has 0 bridgehead atoms. The highest BCUT2D eigenvalue weighted by Crippen LogP contribution is 2.04. The molecular formula is C10H14N6O3. The van der Waals surface area contributed by atoms with E-state index in [1.54, 1.807) is 13.1 Å². The van der Waals surface area contributed by atoms with E-state index in [9.17, 15) is 4.79 Å². The summed E-state index contributed by atoms with van der Waals surface area (Å²) >= 11 is 0. The highest BCUT2D eigenvalue weighted by Gasteiger charge is 2.09. The van der Waals surface area contributed by atoms with Crippen molar-refractivity contribution in [1.82, 2.24) is 25.2 Å². The van der Waals surface area contributed by atoms with E-state index in [0.29, 0.717) is 18.7 Å². The van der Waals surface area contributed by atoms with Gasteiger partial charge in [0.1, 0.15) is 6.54 Å². The number of rotatable bonds is 6. The van der Waals surface area contributed by atoms with Crippen molar-refractivity contribution in [3.63, 3.8) is 0 Å². The second-order valence-electron chi connectivity index (χ2n) is 3.91. The molecule has 0 spiro atoms. The highest BCUT2D eigenvalue weighted by atomic mass is 16.4. The van der Waals surface area contributed by atoms with Gasteiger partial charge in [-0.25, -0.2) is 4.68 Å². The summed E-state index contributed by atoms with van der Waals surface area (Å²) in [5, 5.41) is 26.1. The van der Waals surface area contributed by atoms with E-state index in [4.69, 9.17) is 9.52 Å². The first kappa shape index (κ1) is 13.1. The van der Waals surface area contributed by atoms with Crippen LogP contribution in [0.1, 0.15) is 18.0 Å². The number of aliphatic hydroxyl groups is 1. The molecule has 9 heteroatoms. The molecule has 2 N–H and O–H groups in total. The van der Waals surface area contributed by atoms with Gasteiger partial charge in [-0.15, -0.1) is 10.2 Å². The van der Waals surface area contributed by atoms with Gasteiger partial charge in [0, 0.05) is 19.7 Å². The summed E-state index contributed by atoms with van der Waals surface area (Å²) in [5.74, 6) is 0.0459. The van der Waals surface area contributed by atoms with Crippen molar-refractivity contribution in [3.8, 4) is 0 Å². The Labute approximate surface area is 108 Å². The predicted molar refractivity (Wildman–Crippen MR) is 63.1 cm³/mol. The molecule has 0 aliphatic rings. The Balaban J connectivity index is 1.86. The molecule has 0 unspecified atom stereocenters. The molecule has 0 aromatic carbocycles. The predicted octanol–water partition coefficient (Wildman–Crippen LogP) is -0.467. The summed E-state index contributed by atoms with van der Waals surface area (Å²) in [5.41, 5.74) is 0.732. The van der Waals surface area contributed by atoms with Crippen molar-refractivity contribution in [2.45, 2.75) is 26.3 Å². The normalized spacial score (nSPS) is 10.6. The number of aryl methyl sites for hydroxylation is 2. The van der Waals surface area contributed by atoms with Crippen LogP contribution in [0.15, 0.2) is 10.6 Å². The highest BCUT2D eigenvalue weighted by molar-refractivity contribution is 5.88. The third-order valence-corrected chi connectivity index (χ3v) is 2.26. The fourth-order valence-corrected chi connectivity index (χ4v) is 1.44.